The van der Waals surface area contributed by atoms with Gasteiger partial charge < -0.3 is 16.0 Å². The van der Waals surface area contributed by atoms with Crippen LogP contribution in [0.3, 0.4) is 0 Å². The monoisotopic (exact) mass is 343 g/mol. The van der Waals surface area contributed by atoms with Gasteiger partial charge in [0.25, 0.3) is 5.91 Å². The van der Waals surface area contributed by atoms with Gasteiger partial charge in [-0.2, -0.15) is 0 Å². The summed E-state index contributed by atoms with van der Waals surface area (Å²) < 4.78 is 0. The van der Waals surface area contributed by atoms with Gasteiger partial charge in [0.2, 0.25) is 5.91 Å². The van der Waals surface area contributed by atoms with Gasteiger partial charge in [-0.15, -0.1) is 0 Å². The molecule has 2 fully saturated rings. The van der Waals surface area contributed by atoms with Crippen molar-refractivity contribution in [2.45, 2.75) is 63.5 Å². The minimum Gasteiger partial charge on any atom is -0.352 e. The zero-order chi connectivity index (χ0) is 17.9. The van der Waals surface area contributed by atoms with Crippen LogP contribution in [0.2, 0.25) is 0 Å². The Hall–Kier alpha value is -1.88. The zero-order valence-electron chi connectivity index (χ0n) is 15.1. The first kappa shape index (κ1) is 17.9. The normalized spacial score (nSPS) is 21.0. The van der Waals surface area contributed by atoms with Crippen LogP contribution in [0.5, 0.6) is 0 Å². The molecular weight excluding hydrogens is 314 g/mol. The molecule has 25 heavy (non-hydrogen) atoms. The van der Waals surface area contributed by atoms with Crippen LogP contribution in [-0.2, 0) is 4.79 Å². The molecule has 0 unspecified atom stereocenters. The molecule has 0 radical (unpaired) electrons. The summed E-state index contributed by atoms with van der Waals surface area (Å²) in [7, 11) is 0. The van der Waals surface area contributed by atoms with Crippen LogP contribution in [0, 0.1) is 6.92 Å². The molecule has 1 saturated carbocycles. The molecule has 0 spiro atoms. The van der Waals surface area contributed by atoms with Crippen molar-refractivity contribution in [2.75, 3.05) is 13.1 Å². The van der Waals surface area contributed by atoms with E-state index >= 15 is 0 Å². The predicted octanol–water partition coefficient (Wildman–Crippen LogP) is 2.38. The van der Waals surface area contributed by atoms with Crippen LogP contribution >= 0.6 is 0 Å². The Kier molecular flexibility index (Phi) is 5.42. The molecule has 3 N–H and O–H groups in total. The molecule has 0 atom stereocenters. The molecule has 3 rings (SSSR count). The number of rotatable bonds is 3. The highest BCUT2D eigenvalue weighted by Gasteiger charge is 2.36. The number of amides is 2. The number of piperidine rings is 1. The molecule has 1 aromatic carbocycles. The summed E-state index contributed by atoms with van der Waals surface area (Å²) in [6.07, 6.45) is 6.39. The van der Waals surface area contributed by atoms with Gasteiger partial charge in [0, 0.05) is 24.7 Å². The number of likely N-dealkylation sites (tertiary alicyclic amines) is 1. The van der Waals surface area contributed by atoms with Crippen molar-refractivity contribution < 1.29 is 9.59 Å². The van der Waals surface area contributed by atoms with Gasteiger partial charge in [-0.25, -0.2) is 0 Å². The van der Waals surface area contributed by atoms with Crippen molar-refractivity contribution in [2.24, 2.45) is 5.73 Å². The summed E-state index contributed by atoms with van der Waals surface area (Å²) in [5, 5.41) is 3.13. The van der Waals surface area contributed by atoms with Crippen LogP contribution in [0.15, 0.2) is 24.3 Å². The van der Waals surface area contributed by atoms with Crippen molar-refractivity contribution in [3.8, 4) is 0 Å². The molecule has 1 heterocycles. The van der Waals surface area contributed by atoms with E-state index in [1.807, 2.05) is 36.1 Å². The van der Waals surface area contributed by atoms with Crippen molar-refractivity contribution >= 4 is 11.8 Å². The van der Waals surface area contributed by atoms with Crippen molar-refractivity contribution in [3.05, 3.63) is 35.4 Å². The van der Waals surface area contributed by atoms with Crippen LogP contribution in [0.25, 0.3) is 0 Å². The van der Waals surface area contributed by atoms with E-state index in [-0.39, 0.29) is 17.9 Å². The maximum atomic E-state index is 12.6. The molecule has 5 nitrogen and oxygen atoms in total. The lowest BCUT2D eigenvalue weighted by Crippen LogP contribution is -2.58. The van der Waals surface area contributed by atoms with E-state index in [1.54, 1.807) is 0 Å². The maximum Gasteiger partial charge on any atom is 0.253 e. The fourth-order valence-electron chi connectivity index (χ4n) is 3.84. The quantitative estimate of drug-likeness (QED) is 0.885. The first-order valence-electron chi connectivity index (χ1n) is 9.44. The Morgan fingerprint density at radius 3 is 2.28 bits per heavy atom. The SMILES string of the molecule is Cc1ccc(C(=O)N2CCC(NC(=O)C3(N)CCCCC3)CC2)cc1. The molecule has 0 bridgehead atoms. The van der Waals surface area contributed by atoms with Crippen LogP contribution < -0.4 is 11.1 Å². The van der Waals surface area contributed by atoms with Gasteiger partial charge in [0.05, 0.1) is 5.54 Å². The van der Waals surface area contributed by atoms with Crippen molar-refractivity contribution in [1.29, 1.82) is 0 Å². The van der Waals surface area contributed by atoms with Crippen LogP contribution in [0.4, 0.5) is 0 Å². The highest BCUT2D eigenvalue weighted by Crippen LogP contribution is 2.26. The van der Waals surface area contributed by atoms with Crippen molar-refractivity contribution in [3.63, 3.8) is 0 Å². The number of carbonyl (C=O) groups excluding carboxylic acids is 2. The minimum absolute atomic E-state index is 0.00416. The lowest BCUT2D eigenvalue weighted by molar-refractivity contribution is -0.128. The average Bonchev–Trinajstić information content (AvgIpc) is 2.63. The number of hydrogen-bond acceptors (Lipinski definition) is 3. The van der Waals surface area contributed by atoms with E-state index in [9.17, 15) is 9.59 Å². The molecule has 5 heteroatoms. The third-order valence-electron chi connectivity index (χ3n) is 5.61. The Bertz CT molecular complexity index is 612. The Labute approximate surface area is 150 Å². The largest absolute Gasteiger partial charge is 0.352 e. The standard InChI is InChI=1S/C20H29N3O2/c1-15-5-7-16(8-6-15)18(24)23-13-9-17(10-14-23)22-19(25)20(21)11-3-2-4-12-20/h5-8,17H,2-4,9-14,21H2,1H3,(H,22,25). The lowest BCUT2D eigenvalue weighted by atomic mass is 9.81. The van der Waals surface area contributed by atoms with E-state index in [0.717, 1.165) is 49.7 Å². The smallest absolute Gasteiger partial charge is 0.253 e. The number of nitrogens with two attached hydrogens (primary N) is 1. The number of carbonyl (C=O) groups is 2. The van der Waals surface area contributed by atoms with Gasteiger partial charge >= 0.3 is 0 Å². The van der Waals surface area contributed by atoms with Crippen molar-refractivity contribution in [1.82, 2.24) is 10.2 Å². The van der Waals surface area contributed by atoms with Gasteiger partial charge in [-0.05, 0) is 44.7 Å². The lowest BCUT2D eigenvalue weighted by Gasteiger charge is -2.36. The maximum absolute atomic E-state index is 12.6. The topological polar surface area (TPSA) is 75.4 Å². The summed E-state index contributed by atoms with van der Waals surface area (Å²) in [5.41, 5.74) is 7.50. The number of nitrogens with one attached hydrogen (secondary N) is 1. The molecular formula is C20H29N3O2. The van der Waals surface area contributed by atoms with E-state index in [0.29, 0.717) is 13.1 Å². The van der Waals surface area contributed by atoms with E-state index in [2.05, 4.69) is 5.32 Å². The van der Waals surface area contributed by atoms with E-state index < -0.39 is 5.54 Å². The highest BCUT2D eigenvalue weighted by atomic mass is 16.2. The Morgan fingerprint density at radius 1 is 1.08 bits per heavy atom. The third kappa shape index (κ3) is 4.21. The average molecular weight is 343 g/mol. The van der Waals surface area contributed by atoms with Gasteiger partial charge in [0.15, 0.2) is 0 Å². The molecule has 1 aromatic rings. The first-order valence-corrected chi connectivity index (χ1v) is 9.44. The summed E-state index contributed by atoms with van der Waals surface area (Å²) in [4.78, 5) is 27.0. The first-order chi connectivity index (χ1) is 12.0. The molecule has 2 amide bonds. The number of aryl methyl sites for hydroxylation is 1. The summed E-state index contributed by atoms with van der Waals surface area (Å²) in [6, 6.07) is 7.81. The summed E-state index contributed by atoms with van der Waals surface area (Å²) >= 11 is 0. The van der Waals surface area contributed by atoms with Gasteiger partial charge in [-0.3, -0.25) is 9.59 Å². The molecule has 1 aliphatic carbocycles. The predicted molar refractivity (Wildman–Crippen MR) is 98.3 cm³/mol. The second-order valence-corrected chi connectivity index (χ2v) is 7.62. The second-order valence-electron chi connectivity index (χ2n) is 7.62. The number of hydrogen-bond donors (Lipinski definition) is 2. The second kappa shape index (κ2) is 7.56. The Morgan fingerprint density at radius 2 is 1.68 bits per heavy atom. The molecule has 0 aromatic heterocycles. The zero-order valence-corrected chi connectivity index (χ0v) is 15.1. The number of nitrogens with zero attached hydrogens (tertiary/aromatic N) is 1. The van der Waals surface area contributed by atoms with Crippen LogP contribution in [0.1, 0.15) is 60.9 Å². The molecule has 136 valence electrons. The van der Waals surface area contributed by atoms with Gasteiger partial charge in [-0.1, -0.05) is 37.0 Å². The van der Waals surface area contributed by atoms with E-state index in [4.69, 9.17) is 5.73 Å². The fraction of sp³-hybridized carbons (Fsp3) is 0.600. The number of benzene rings is 1. The summed E-state index contributed by atoms with van der Waals surface area (Å²) in [6.45, 7) is 3.36. The van der Waals surface area contributed by atoms with Crippen LogP contribution in [-0.4, -0.2) is 41.4 Å². The van der Waals surface area contributed by atoms with E-state index in [1.165, 1.54) is 6.42 Å². The Balaban J connectivity index is 1.50. The molecule has 1 aliphatic heterocycles. The highest BCUT2D eigenvalue weighted by molar-refractivity contribution is 5.94. The third-order valence-corrected chi connectivity index (χ3v) is 5.61. The molecule has 1 saturated heterocycles. The summed E-state index contributed by atoms with van der Waals surface area (Å²) in [5.74, 6) is 0.0721. The molecule has 2 aliphatic rings. The fourth-order valence-corrected chi connectivity index (χ4v) is 3.84. The van der Waals surface area contributed by atoms with Gasteiger partial charge in [0.1, 0.15) is 0 Å². The minimum atomic E-state index is -0.687.